The second kappa shape index (κ2) is 7.53. The van der Waals surface area contributed by atoms with Crippen molar-refractivity contribution in [1.82, 2.24) is 9.97 Å². The molecule has 4 rings (SSSR count). The Morgan fingerprint density at radius 2 is 1.59 bits per heavy atom. The molecule has 0 saturated heterocycles. The van der Waals surface area contributed by atoms with Gasteiger partial charge in [0.05, 0.1) is 0 Å². The Labute approximate surface area is 158 Å². The summed E-state index contributed by atoms with van der Waals surface area (Å²) in [5, 5.41) is 6.58. The highest BCUT2D eigenvalue weighted by molar-refractivity contribution is 5.63. The van der Waals surface area contributed by atoms with Crippen LogP contribution in [0.2, 0.25) is 0 Å². The van der Waals surface area contributed by atoms with E-state index in [1.807, 2.05) is 31.2 Å². The third-order valence-corrected chi connectivity index (χ3v) is 4.29. The third kappa shape index (κ3) is 4.11. The average molecular weight is 362 g/mol. The zero-order valence-corrected chi connectivity index (χ0v) is 15.5. The van der Waals surface area contributed by atoms with Crippen molar-refractivity contribution in [2.24, 2.45) is 0 Å². The van der Waals surface area contributed by atoms with Gasteiger partial charge in [0.25, 0.3) is 0 Å². The summed E-state index contributed by atoms with van der Waals surface area (Å²) >= 11 is 0. The molecule has 3 aromatic rings. The molecule has 2 N–H and O–H groups in total. The van der Waals surface area contributed by atoms with Gasteiger partial charge in [-0.15, -0.1) is 0 Å². The Morgan fingerprint density at radius 3 is 2.37 bits per heavy atom. The Kier molecular flexibility index (Phi) is 4.78. The van der Waals surface area contributed by atoms with Crippen molar-refractivity contribution < 1.29 is 9.47 Å². The number of nitrogens with one attached hydrogen (secondary N) is 2. The van der Waals surface area contributed by atoms with Crippen molar-refractivity contribution in [2.45, 2.75) is 20.3 Å². The highest BCUT2D eigenvalue weighted by atomic mass is 16.6. The van der Waals surface area contributed by atoms with E-state index in [1.54, 1.807) is 0 Å². The molecule has 1 aliphatic rings. The van der Waals surface area contributed by atoms with Crippen molar-refractivity contribution in [2.75, 3.05) is 23.8 Å². The first-order valence-corrected chi connectivity index (χ1v) is 9.08. The van der Waals surface area contributed by atoms with Gasteiger partial charge in [-0.05, 0) is 43.2 Å². The first kappa shape index (κ1) is 17.1. The first-order valence-electron chi connectivity index (χ1n) is 9.08. The fourth-order valence-electron chi connectivity index (χ4n) is 2.91. The van der Waals surface area contributed by atoms with Crippen LogP contribution in [0.15, 0.2) is 48.5 Å². The number of nitrogens with zero attached hydrogens (tertiary/aromatic N) is 2. The van der Waals surface area contributed by atoms with Crippen LogP contribution >= 0.6 is 0 Å². The van der Waals surface area contributed by atoms with Crippen LogP contribution in [0.1, 0.15) is 18.2 Å². The molecule has 0 saturated carbocycles. The second-order valence-corrected chi connectivity index (χ2v) is 6.38. The van der Waals surface area contributed by atoms with Crippen molar-refractivity contribution in [1.29, 1.82) is 0 Å². The van der Waals surface area contributed by atoms with E-state index in [2.05, 4.69) is 51.8 Å². The van der Waals surface area contributed by atoms with E-state index < -0.39 is 0 Å². The Bertz CT molecular complexity index is 941. The fourth-order valence-corrected chi connectivity index (χ4v) is 2.91. The Hall–Kier alpha value is -3.28. The molecule has 2 heterocycles. The van der Waals surface area contributed by atoms with Gasteiger partial charge in [-0.1, -0.05) is 19.1 Å². The van der Waals surface area contributed by atoms with Crippen LogP contribution in [0.3, 0.4) is 0 Å². The summed E-state index contributed by atoms with van der Waals surface area (Å²) in [6.45, 7) is 5.23. The number of fused-ring (bicyclic) bond motifs is 1. The summed E-state index contributed by atoms with van der Waals surface area (Å²) in [6.07, 6.45) is 1.02. The molecule has 0 fully saturated rings. The van der Waals surface area contributed by atoms with E-state index >= 15 is 0 Å². The van der Waals surface area contributed by atoms with E-state index in [-0.39, 0.29) is 0 Å². The van der Waals surface area contributed by atoms with Crippen molar-refractivity contribution in [3.63, 3.8) is 0 Å². The lowest BCUT2D eigenvalue weighted by atomic mass is 10.1. The number of aromatic nitrogens is 2. The molecule has 0 spiro atoms. The molecule has 0 amide bonds. The topological polar surface area (TPSA) is 68.3 Å². The number of benzene rings is 2. The monoisotopic (exact) mass is 362 g/mol. The maximum atomic E-state index is 5.63. The minimum Gasteiger partial charge on any atom is -0.486 e. The van der Waals surface area contributed by atoms with E-state index in [1.165, 1.54) is 5.56 Å². The number of rotatable bonds is 5. The lowest BCUT2D eigenvalue weighted by Gasteiger charge is -2.19. The molecule has 138 valence electrons. The Morgan fingerprint density at radius 1 is 0.852 bits per heavy atom. The zero-order valence-electron chi connectivity index (χ0n) is 15.5. The van der Waals surface area contributed by atoms with Gasteiger partial charge in [-0.3, -0.25) is 0 Å². The summed E-state index contributed by atoms with van der Waals surface area (Å²) in [4.78, 5) is 9.05. The smallest absolute Gasteiger partial charge is 0.229 e. The van der Waals surface area contributed by atoms with Crippen LogP contribution in [0, 0.1) is 6.92 Å². The predicted molar refractivity (Wildman–Crippen MR) is 107 cm³/mol. The zero-order chi connectivity index (χ0) is 18.6. The van der Waals surface area contributed by atoms with Gasteiger partial charge in [0.2, 0.25) is 5.95 Å². The summed E-state index contributed by atoms with van der Waals surface area (Å²) < 4.78 is 11.2. The minimum absolute atomic E-state index is 0.527. The maximum Gasteiger partial charge on any atom is 0.229 e. The minimum atomic E-state index is 0.527. The van der Waals surface area contributed by atoms with Crippen LogP contribution in [0.4, 0.5) is 23.1 Å². The number of aryl methyl sites for hydroxylation is 2. The highest BCUT2D eigenvalue weighted by Crippen LogP contribution is 2.33. The Balaban J connectivity index is 1.53. The molecular weight excluding hydrogens is 340 g/mol. The molecule has 1 aliphatic heterocycles. The summed E-state index contributed by atoms with van der Waals surface area (Å²) in [5.74, 6) is 2.76. The molecule has 6 heteroatoms. The van der Waals surface area contributed by atoms with E-state index in [0.29, 0.717) is 19.2 Å². The average Bonchev–Trinajstić information content (AvgIpc) is 2.68. The molecular formula is C21H22N4O2. The van der Waals surface area contributed by atoms with Crippen LogP contribution in [0.25, 0.3) is 0 Å². The van der Waals surface area contributed by atoms with E-state index in [4.69, 9.17) is 9.47 Å². The second-order valence-electron chi connectivity index (χ2n) is 6.38. The lowest BCUT2D eigenvalue weighted by Crippen LogP contribution is -2.15. The molecule has 1 aromatic heterocycles. The number of anilines is 4. The highest BCUT2D eigenvalue weighted by Gasteiger charge is 2.12. The summed E-state index contributed by atoms with van der Waals surface area (Å²) in [7, 11) is 0. The molecule has 0 atom stereocenters. The SMILES string of the molecule is CCc1ccc(Nc2cc(C)nc(Nc3ccc4c(c3)OCCO4)n2)cc1. The molecule has 0 bridgehead atoms. The molecule has 0 radical (unpaired) electrons. The van der Waals surface area contributed by atoms with Crippen molar-refractivity contribution in [3.05, 3.63) is 59.8 Å². The standard InChI is InChI=1S/C21H22N4O2/c1-3-15-4-6-16(7-5-15)23-20-12-14(2)22-21(25-20)24-17-8-9-18-19(13-17)27-11-10-26-18/h4-9,12-13H,3,10-11H2,1-2H3,(H2,22,23,24,25). The van der Waals surface area contributed by atoms with Crippen LogP contribution in [-0.4, -0.2) is 23.2 Å². The normalized spacial score (nSPS) is 12.5. The van der Waals surface area contributed by atoms with Gasteiger partial charge < -0.3 is 20.1 Å². The van der Waals surface area contributed by atoms with Gasteiger partial charge in [-0.2, -0.15) is 4.98 Å². The van der Waals surface area contributed by atoms with Gasteiger partial charge in [0.15, 0.2) is 11.5 Å². The fraction of sp³-hybridized carbons (Fsp3) is 0.238. The number of ether oxygens (including phenoxy) is 2. The van der Waals surface area contributed by atoms with Gasteiger partial charge in [0.1, 0.15) is 19.0 Å². The first-order chi connectivity index (χ1) is 13.2. The van der Waals surface area contributed by atoms with Gasteiger partial charge >= 0.3 is 0 Å². The maximum absolute atomic E-state index is 5.63. The van der Waals surface area contributed by atoms with Crippen LogP contribution in [-0.2, 0) is 6.42 Å². The number of hydrogen-bond donors (Lipinski definition) is 2. The summed E-state index contributed by atoms with van der Waals surface area (Å²) in [5.41, 5.74) is 4.02. The third-order valence-electron chi connectivity index (χ3n) is 4.29. The molecule has 27 heavy (non-hydrogen) atoms. The van der Waals surface area contributed by atoms with Crippen LogP contribution in [0.5, 0.6) is 11.5 Å². The predicted octanol–water partition coefficient (Wildman–Crippen LogP) is 4.61. The van der Waals surface area contributed by atoms with Gasteiger partial charge in [0, 0.05) is 29.2 Å². The van der Waals surface area contributed by atoms with E-state index in [9.17, 15) is 0 Å². The summed E-state index contributed by atoms with van der Waals surface area (Å²) in [6, 6.07) is 16.0. The number of hydrogen-bond acceptors (Lipinski definition) is 6. The van der Waals surface area contributed by atoms with Crippen molar-refractivity contribution >= 4 is 23.1 Å². The van der Waals surface area contributed by atoms with Crippen LogP contribution < -0.4 is 20.1 Å². The largest absolute Gasteiger partial charge is 0.486 e. The van der Waals surface area contributed by atoms with Gasteiger partial charge in [-0.25, -0.2) is 4.98 Å². The van der Waals surface area contributed by atoms with E-state index in [0.717, 1.165) is 40.8 Å². The molecule has 2 aromatic carbocycles. The molecule has 0 aliphatic carbocycles. The van der Waals surface area contributed by atoms with Crippen molar-refractivity contribution in [3.8, 4) is 11.5 Å². The molecule has 0 unspecified atom stereocenters. The quantitative estimate of drug-likeness (QED) is 0.691. The lowest BCUT2D eigenvalue weighted by molar-refractivity contribution is 0.171. The molecule has 6 nitrogen and oxygen atoms in total.